The van der Waals surface area contributed by atoms with Crippen molar-refractivity contribution in [2.75, 3.05) is 12.4 Å². The van der Waals surface area contributed by atoms with E-state index in [1.54, 1.807) is 13.0 Å². The summed E-state index contributed by atoms with van der Waals surface area (Å²) in [6.07, 6.45) is 1.54. The van der Waals surface area contributed by atoms with Crippen LogP contribution >= 0.6 is 0 Å². The van der Waals surface area contributed by atoms with E-state index in [1.807, 2.05) is 26.0 Å². The van der Waals surface area contributed by atoms with E-state index in [1.165, 1.54) is 24.9 Å². The Hall–Kier alpha value is -3.42. The largest absolute Gasteiger partial charge is 0.495 e. The molecule has 146 valence electrons. The molecule has 1 aromatic carbocycles. The van der Waals surface area contributed by atoms with E-state index in [4.69, 9.17) is 4.74 Å². The fraction of sp³-hybridized carbons (Fsp3) is 0.300. The third-order valence-electron chi connectivity index (χ3n) is 4.65. The predicted molar refractivity (Wildman–Crippen MR) is 107 cm³/mol. The van der Waals surface area contributed by atoms with Gasteiger partial charge in [-0.05, 0) is 32.4 Å². The zero-order valence-electron chi connectivity index (χ0n) is 16.5. The van der Waals surface area contributed by atoms with Crippen molar-refractivity contribution >= 4 is 22.6 Å². The van der Waals surface area contributed by atoms with E-state index in [0.29, 0.717) is 17.0 Å². The molecule has 0 aliphatic rings. The van der Waals surface area contributed by atoms with Crippen LogP contribution in [0.2, 0.25) is 0 Å². The SMILES string of the molecule is COc1c(C)cnc2c1c(=O)n(CC(=O)Nc1ccc(C)cc1C)c(=O)n2C. The molecule has 3 aromatic rings. The monoisotopic (exact) mass is 382 g/mol. The second-order valence-corrected chi connectivity index (χ2v) is 6.77. The van der Waals surface area contributed by atoms with E-state index in [9.17, 15) is 14.4 Å². The maximum atomic E-state index is 13.0. The van der Waals surface area contributed by atoms with Gasteiger partial charge >= 0.3 is 5.69 Å². The van der Waals surface area contributed by atoms with Gasteiger partial charge in [-0.15, -0.1) is 0 Å². The lowest BCUT2D eigenvalue weighted by Crippen LogP contribution is -2.42. The number of aromatic nitrogens is 3. The molecular weight excluding hydrogens is 360 g/mol. The first-order chi connectivity index (χ1) is 13.2. The number of methoxy groups -OCH3 is 1. The Morgan fingerprint density at radius 1 is 1.18 bits per heavy atom. The van der Waals surface area contributed by atoms with Crippen LogP contribution in [-0.4, -0.2) is 27.1 Å². The zero-order chi connectivity index (χ0) is 20.6. The van der Waals surface area contributed by atoms with E-state index in [0.717, 1.165) is 15.7 Å². The summed E-state index contributed by atoms with van der Waals surface area (Å²) in [5, 5.41) is 2.92. The second-order valence-electron chi connectivity index (χ2n) is 6.77. The summed E-state index contributed by atoms with van der Waals surface area (Å²) in [6.45, 7) is 5.18. The highest BCUT2D eigenvalue weighted by Gasteiger charge is 2.19. The van der Waals surface area contributed by atoms with Gasteiger partial charge in [0.2, 0.25) is 5.91 Å². The third kappa shape index (κ3) is 3.28. The minimum Gasteiger partial charge on any atom is -0.495 e. The summed E-state index contributed by atoms with van der Waals surface area (Å²) in [6, 6.07) is 5.61. The quantitative estimate of drug-likeness (QED) is 0.741. The number of nitrogens with one attached hydrogen (secondary N) is 1. The number of fused-ring (bicyclic) bond motifs is 1. The van der Waals surface area contributed by atoms with Crippen LogP contribution < -0.4 is 21.3 Å². The van der Waals surface area contributed by atoms with Crippen molar-refractivity contribution in [3.63, 3.8) is 0 Å². The molecule has 0 aliphatic carbocycles. The lowest BCUT2D eigenvalue weighted by Gasteiger charge is -2.14. The number of pyridine rings is 1. The van der Waals surface area contributed by atoms with Crippen molar-refractivity contribution in [1.82, 2.24) is 14.1 Å². The molecule has 1 amide bonds. The van der Waals surface area contributed by atoms with Crippen molar-refractivity contribution in [3.8, 4) is 5.75 Å². The smallest absolute Gasteiger partial charge is 0.332 e. The molecule has 28 heavy (non-hydrogen) atoms. The summed E-state index contributed by atoms with van der Waals surface area (Å²) >= 11 is 0. The van der Waals surface area contributed by atoms with Crippen LogP contribution in [0.25, 0.3) is 11.0 Å². The summed E-state index contributed by atoms with van der Waals surface area (Å²) in [4.78, 5) is 42.3. The molecule has 3 rings (SSSR count). The van der Waals surface area contributed by atoms with Crippen molar-refractivity contribution in [3.05, 3.63) is 61.9 Å². The first-order valence-electron chi connectivity index (χ1n) is 8.74. The Labute approximate surface area is 161 Å². The number of benzene rings is 1. The number of aryl methyl sites for hydroxylation is 4. The van der Waals surface area contributed by atoms with E-state index in [-0.39, 0.29) is 11.0 Å². The standard InChI is InChI=1S/C20H22N4O4/c1-11-6-7-14(12(2)8-11)22-15(25)10-24-19(26)16-17(28-5)13(3)9-21-18(16)23(4)20(24)27/h6-9H,10H2,1-5H3,(H,22,25). The highest BCUT2D eigenvalue weighted by molar-refractivity contribution is 5.91. The average Bonchev–Trinajstić information content (AvgIpc) is 2.65. The van der Waals surface area contributed by atoms with Gasteiger partial charge in [0.15, 0.2) is 5.65 Å². The molecule has 0 saturated carbocycles. The van der Waals surface area contributed by atoms with Crippen LogP contribution in [0.15, 0.2) is 34.0 Å². The molecule has 2 aromatic heterocycles. The average molecular weight is 382 g/mol. The molecule has 0 atom stereocenters. The van der Waals surface area contributed by atoms with Crippen LogP contribution in [0.1, 0.15) is 16.7 Å². The van der Waals surface area contributed by atoms with Crippen molar-refractivity contribution in [2.24, 2.45) is 7.05 Å². The highest BCUT2D eigenvalue weighted by Crippen LogP contribution is 2.23. The summed E-state index contributed by atoms with van der Waals surface area (Å²) in [5.41, 5.74) is 2.25. The third-order valence-corrected chi connectivity index (χ3v) is 4.65. The highest BCUT2D eigenvalue weighted by atomic mass is 16.5. The van der Waals surface area contributed by atoms with Crippen LogP contribution in [-0.2, 0) is 18.4 Å². The molecule has 0 spiro atoms. The van der Waals surface area contributed by atoms with Gasteiger partial charge in [-0.2, -0.15) is 0 Å². The number of carbonyl (C=O) groups is 1. The van der Waals surface area contributed by atoms with E-state index < -0.39 is 23.7 Å². The van der Waals surface area contributed by atoms with E-state index >= 15 is 0 Å². The molecule has 0 unspecified atom stereocenters. The van der Waals surface area contributed by atoms with Crippen molar-refractivity contribution < 1.29 is 9.53 Å². The van der Waals surface area contributed by atoms with Crippen LogP contribution in [0.4, 0.5) is 5.69 Å². The molecular formula is C20H22N4O4. The zero-order valence-corrected chi connectivity index (χ0v) is 16.5. The molecule has 0 fully saturated rings. The first-order valence-corrected chi connectivity index (χ1v) is 8.74. The van der Waals surface area contributed by atoms with Crippen LogP contribution in [0.5, 0.6) is 5.75 Å². The van der Waals surface area contributed by atoms with Gasteiger partial charge in [-0.25, -0.2) is 14.3 Å². The number of rotatable bonds is 4. The molecule has 0 saturated heterocycles. The Morgan fingerprint density at radius 2 is 1.89 bits per heavy atom. The van der Waals surface area contributed by atoms with Gasteiger partial charge in [0.05, 0.1) is 7.11 Å². The number of hydrogen-bond acceptors (Lipinski definition) is 5. The first kappa shape index (κ1) is 19.3. The van der Waals surface area contributed by atoms with Crippen LogP contribution in [0.3, 0.4) is 0 Å². The van der Waals surface area contributed by atoms with Crippen molar-refractivity contribution in [2.45, 2.75) is 27.3 Å². The summed E-state index contributed by atoms with van der Waals surface area (Å²) < 4.78 is 7.48. The number of amides is 1. The second kappa shape index (κ2) is 7.30. The van der Waals surface area contributed by atoms with Gasteiger partial charge < -0.3 is 10.1 Å². The molecule has 0 bridgehead atoms. The number of hydrogen-bond donors (Lipinski definition) is 1. The lowest BCUT2D eigenvalue weighted by atomic mass is 10.1. The number of anilines is 1. The van der Waals surface area contributed by atoms with Gasteiger partial charge in [0, 0.05) is 24.5 Å². The van der Waals surface area contributed by atoms with Crippen molar-refractivity contribution in [1.29, 1.82) is 0 Å². The topological polar surface area (TPSA) is 95.2 Å². The normalized spacial score (nSPS) is 10.9. The molecule has 1 N–H and O–H groups in total. The molecule has 0 radical (unpaired) electrons. The summed E-state index contributed by atoms with van der Waals surface area (Å²) in [7, 11) is 2.95. The molecule has 8 heteroatoms. The molecule has 8 nitrogen and oxygen atoms in total. The Balaban J connectivity index is 2.07. The molecule has 0 aliphatic heterocycles. The van der Waals surface area contributed by atoms with Gasteiger partial charge in [0.1, 0.15) is 17.7 Å². The minimum atomic E-state index is -0.619. The Kier molecular flexibility index (Phi) is 5.04. The fourth-order valence-corrected chi connectivity index (χ4v) is 3.21. The predicted octanol–water partition coefficient (Wildman–Crippen LogP) is 1.67. The summed E-state index contributed by atoms with van der Waals surface area (Å²) in [5.74, 6) is -0.126. The number of nitrogens with zero attached hydrogens (tertiary/aromatic N) is 3. The van der Waals surface area contributed by atoms with Gasteiger partial charge in [0.25, 0.3) is 5.56 Å². The van der Waals surface area contributed by atoms with Gasteiger partial charge in [-0.3, -0.25) is 14.2 Å². The lowest BCUT2D eigenvalue weighted by molar-refractivity contribution is -0.116. The molecule has 2 heterocycles. The minimum absolute atomic E-state index is 0.170. The van der Waals surface area contributed by atoms with E-state index in [2.05, 4.69) is 10.3 Å². The van der Waals surface area contributed by atoms with Gasteiger partial charge in [-0.1, -0.05) is 17.7 Å². The number of carbonyl (C=O) groups excluding carboxylic acids is 1. The maximum absolute atomic E-state index is 13.0. The Morgan fingerprint density at radius 3 is 2.54 bits per heavy atom. The number of ether oxygens (including phenoxy) is 1. The van der Waals surface area contributed by atoms with Crippen LogP contribution in [0, 0.1) is 20.8 Å². The fourth-order valence-electron chi connectivity index (χ4n) is 3.21. The maximum Gasteiger partial charge on any atom is 0.332 e. The Bertz CT molecular complexity index is 1210.